The maximum Gasteiger partial charge on any atom is 0.408 e. The van der Waals surface area contributed by atoms with Crippen LogP contribution in [0.4, 0.5) is 10.5 Å². The van der Waals surface area contributed by atoms with Gasteiger partial charge in [-0.15, -0.1) is 0 Å². The Labute approximate surface area is 237 Å². The summed E-state index contributed by atoms with van der Waals surface area (Å²) in [5, 5.41) is 16.8. The monoisotopic (exact) mass is 559 g/mol. The van der Waals surface area contributed by atoms with Crippen molar-refractivity contribution in [2.24, 2.45) is 5.92 Å². The van der Waals surface area contributed by atoms with Crippen LogP contribution >= 0.6 is 11.6 Å². The van der Waals surface area contributed by atoms with E-state index in [-0.39, 0.29) is 17.2 Å². The van der Waals surface area contributed by atoms with Crippen molar-refractivity contribution < 1.29 is 24.2 Å². The number of hydrogen-bond acceptors (Lipinski definition) is 5. The fraction of sp³-hybridized carbons (Fsp3) is 0.500. The van der Waals surface area contributed by atoms with Crippen LogP contribution in [0.25, 0.3) is 0 Å². The third-order valence-electron chi connectivity index (χ3n) is 6.24. The lowest BCUT2D eigenvalue weighted by Gasteiger charge is -2.38. The number of rotatable bonds is 10. The maximum atomic E-state index is 14.3. The van der Waals surface area contributed by atoms with Gasteiger partial charge in [-0.05, 0) is 71.1 Å². The van der Waals surface area contributed by atoms with Gasteiger partial charge in [-0.2, -0.15) is 0 Å². The Morgan fingerprint density at radius 1 is 1.05 bits per heavy atom. The molecule has 3 N–H and O–H groups in total. The van der Waals surface area contributed by atoms with E-state index < -0.39 is 41.6 Å². The largest absolute Gasteiger partial charge is 0.508 e. The van der Waals surface area contributed by atoms with Crippen molar-refractivity contribution in [3.63, 3.8) is 0 Å². The van der Waals surface area contributed by atoms with E-state index in [1.807, 2.05) is 40.7 Å². The lowest BCUT2D eigenvalue weighted by molar-refractivity contribution is -0.143. The third-order valence-corrected chi connectivity index (χ3v) is 6.56. The number of aromatic hydroxyl groups is 1. The Hall–Kier alpha value is -3.26. The van der Waals surface area contributed by atoms with Gasteiger partial charge in [0.05, 0.1) is 10.7 Å². The van der Waals surface area contributed by atoms with E-state index in [1.165, 1.54) is 11.0 Å². The molecule has 2 aromatic rings. The molecule has 0 aliphatic carbocycles. The van der Waals surface area contributed by atoms with Crippen molar-refractivity contribution >= 4 is 35.2 Å². The number of nitrogens with one attached hydrogen (secondary N) is 2. The van der Waals surface area contributed by atoms with Crippen molar-refractivity contribution in [2.45, 2.75) is 92.0 Å². The standard InChI is InChI=1S/C30H42ClN3O5/c1-9-20(5)34(28(37)23(17-18(2)3)32-29(38)39-30(6,7)8)26(21-14-10-11-16-24(21)35)27(36)33-25-19(4)13-12-15-22(25)31/h10-16,18,20,23,26,35H,9,17H2,1-8H3,(H,32,38)(H,33,36). The number of phenolic OH excluding ortho intramolecular Hbond substituents is 1. The Balaban J connectivity index is 2.62. The topological polar surface area (TPSA) is 108 Å². The molecule has 0 aliphatic heterocycles. The second-order valence-corrected chi connectivity index (χ2v) is 11.6. The van der Waals surface area contributed by atoms with Crippen LogP contribution in [-0.2, 0) is 14.3 Å². The number of phenols is 1. The van der Waals surface area contributed by atoms with E-state index in [1.54, 1.807) is 51.1 Å². The first-order valence-corrected chi connectivity index (χ1v) is 13.7. The van der Waals surface area contributed by atoms with Gasteiger partial charge in [0, 0.05) is 11.6 Å². The zero-order chi connectivity index (χ0) is 29.5. The van der Waals surface area contributed by atoms with E-state index in [0.29, 0.717) is 23.6 Å². The molecular formula is C30H42ClN3O5. The summed E-state index contributed by atoms with van der Waals surface area (Å²) in [4.78, 5) is 42.4. The van der Waals surface area contributed by atoms with Gasteiger partial charge in [0.15, 0.2) is 0 Å². The number of anilines is 1. The van der Waals surface area contributed by atoms with Crippen molar-refractivity contribution in [3.05, 3.63) is 58.6 Å². The van der Waals surface area contributed by atoms with Crippen LogP contribution in [0.1, 0.15) is 78.5 Å². The van der Waals surface area contributed by atoms with Gasteiger partial charge in [0.2, 0.25) is 5.91 Å². The summed E-state index contributed by atoms with van der Waals surface area (Å²) < 4.78 is 5.43. The molecule has 8 nitrogen and oxygen atoms in total. The molecule has 0 aromatic heterocycles. The average Bonchev–Trinajstić information content (AvgIpc) is 2.82. The number of carbonyl (C=O) groups is 3. The zero-order valence-corrected chi connectivity index (χ0v) is 24.9. The quantitative estimate of drug-likeness (QED) is 0.304. The lowest BCUT2D eigenvalue weighted by atomic mass is 9.96. The molecule has 0 fully saturated rings. The van der Waals surface area contributed by atoms with Gasteiger partial charge in [-0.25, -0.2) is 4.79 Å². The molecule has 3 amide bonds. The number of nitrogens with zero attached hydrogens (tertiary/aromatic N) is 1. The minimum absolute atomic E-state index is 0.0517. The number of hydrogen-bond donors (Lipinski definition) is 3. The molecule has 0 bridgehead atoms. The normalized spacial score (nSPS) is 13.8. The van der Waals surface area contributed by atoms with Crippen molar-refractivity contribution in [1.82, 2.24) is 10.2 Å². The van der Waals surface area contributed by atoms with Gasteiger partial charge < -0.3 is 25.4 Å². The highest BCUT2D eigenvalue weighted by molar-refractivity contribution is 6.34. The molecule has 214 valence electrons. The fourth-order valence-electron chi connectivity index (χ4n) is 4.24. The van der Waals surface area contributed by atoms with E-state index in [4.69, 9.17) is 16.3 Å². The van der Waals surface area contributed by atoms with E-state index in [9.17, 15) is 19.5 Å². The summed E-state index contributed by atoms with van der Waals surface area (Å²) in [6, 6.07) is 9.10. The lowest BCUT2D eigenvalue weighted by Crippen LogP contribution is -2.55. The summed E-state index contributed by atoms with van der Waals surface area (Å²) in [6.45, 7) is 14.7. The van der Waals surface area contributed by atoms with Crippen molar-refractivity contribution in [1.29, 1.82) is 0 Å². The molecule has 0 heterocycles. The second kappa shape index (κ2) is 13.7. The molecule has 0 radical (unpaired) electrons. The predicted molar refractivity (Wildman–Crippen MR) is 155 cm³/mol. The van der Waals surface area contributed by atoms with Crippen LogP contribution in [0, 0.1) is 12.8 Å². The van der Waals surface area contributed by atoms with Crippen molar-refractivity contribution in [3.8, 4) is 5.75 Å². The first-order chi connectivity index (χ1) is 18.2. The van der Waals surface area contributed by atoms with E-state index in [2.05, 4.69) is 10.6 Å². The number of alkyl carbamates (subject to hydrolysis) is 1. The molecule has 0 saturated heterocycles. The highest BCUT2D eigenvalue weighted by Crippen LogP contribution is 2.34. The first kappa shape index (κ1) is 32.0. The fourth-order valence-corrected chi connectivity index (χ4v) is 4.51. The minimum Gasteiger partial charge on any atom is -0.508 e. The van der Waals surface area contributed by atoms with Gasteiger partial charge in [-0.3, -0.25) is 9.59 Å². The summed E-state index contributed by atoms with van der Waals surface area (Å²) in [5.41, 5.74) is 0.676. The van der Waals surface area contributed by atoms with E-state index >= 15 is 0 Å². The molecule has 3 unspecified atom stereocenters. The number of halogens is 1. The number of benzene rings is 2. The molecule has 2 rings (SSSR count). The highest BCUT2D eigenvalue weighted by atomic mass is 35.5. The minimum atomic E-state index is -1.21. The summed E-state index contributed by atoms with van der Waals surface area (Å²) in [5.74, 6) is -1.07. The van der Waals surface area contributed by atoms with Crippen LogP contribution in [0.5, 0.6) is 5.75 Å². The number of amides is 3. The van der Waals surface area contributed by atoms with Crippen LogP contribution < -0.4 is 10.6 Å². The Kier molecular flexibility index (Phi) is 11.2. The molecule has 3 atom stereocenters. The van der Waals surface area contributed by atoms with E-state index in [0.717, 1.165) is 5.56 Å². The highest BCUT2D eigenvalue weighted by Gasteiger charge is 2.40. The predicted octanol–water partition coefficient (Wildman–Crippen LogP) is 6.60. The van der Waals surface area contributed by atoms with Gasteiger partial charge in [0.25, 0.3) is 5.91 Å². The van der Waals surface area contributed by atoms with Crippen LogP contribution in [0.15, 0.2) is 42.5 Å². The smallest absolute Gasteiger partial charge is 0.408 e. The van der Waals surface area contributed by atoms with Gasteiger partial charge >= 0.3 is 6.09 Å². The molecule has 39 heavy (non-hydrogen) atoms. The molecule has 0 aliphatic rings. The first-order valence-electron chi connectivity index (χ1n) is 13.3. The maximum absolute atomic E-state index is 14.3. The van der Waals surface area contributed by atoms with Gasteiger partial charge in [0.1, 0.15) is 23.4 Å². The molecule has 9 heteroatoms. The van der Waals surface area contributed by atoms with Crippen LogP contribution in [0.2, 0.25) is 5.02 Å². The third kappa shape index (κ3) is 8.88. The van der Waals surface area contributed by atoms with Crippen LogP contribution in [-0.4, -0.2) is 45.6 Å². The van der Waals surface area contributed by atoms with Crippen molar-refractivity contribution in [2.75, 3.05) is 5.32 Å². The Morgan fingerprint density at radius 2 is 1.69 bits per heavy atom. The second-order valence-electron chi connectivity index (χ2n) is 11.2. The molecular weight excluding hydrogens is 518 g/mol. The molecule has 0 spiro atoms. The van der Waals surface area contributed by atoms with Gasteiger partial charge in [-0.1, -0.05) is 62.7 Å². The zero-order valence-electron chi connectivity index (χ0n) is 24.2. The number of ether oxygens (including phenoxy) is 1. The summed E-state index contributed by atoms with van der Waals surface area (Å²) >= 11 is 6.40. The summed E-state index contributed by atoms with van der Waals surface area (Å²) in [7, 11) is 0. The Bertz CT molecular complexity index is 1140. The van der Waals surface area contributed by atoms with Crippen LogP contribution in [0.3, 0.4) is 0 Å². The number of para-hydroxylation sites is 2. The average molecular weight is 560 g/mol. The SMILES string of the molecule is CCC(C)N(C(=O)C(CC(C)C)NC(=O)OC(C)(C)C)C(C(=O)Nc1c(C)cccc1Cl)c1ccccc1O. The Morgan fingerprint density at radius 3 is 2.23 bits per heavy atom. The number of aryl methyl sites for hydroxylation is 1. The molecule has 2 aromatic carbocycles. The number of carbonyl (C=O) groups excluding carboxylic acids is 3. The molecule has 0 saturated carbocycles. The summed E-state index contributed by atoms with van der Waals surface area (Å²) in [6.07, 6.45) is 0.125.